The number of hydrogen-bond donors (Lipinski definition) is 1. The van der Waals surface area contributed by atoms with Gasteiger partial charge in [-0.15, -0.1) is 0 Å². The zero-order valence-corrected chi connectivity index (χ0v) is 9.34. The molecule has 1 aliphatic carbocycles. The summed E-state index contributed by atoms with van der Waals surface area (Å²) in [6.07, 6.45) is 1.24. The Hall–Kier alpha value is -0.340. The molecule has 0 saturated heterocycles. The van der Waals surface area contributed by atoms with Gasteiger partial charge in [0.05, 0.1) is 0 Å². The first-order valence-corrected chi connectivity index (χ1v) is 5.44. The van der Waals surface area contributed by atoms with Crippen molar-refractivity contribution >= 4 is 15.9 Å². The third kappa shape index (κ3) is 1.42. The number of halogens is 1. The van der Waals surface area contributed by atoms with E-state index in [4.69, 9.17) is 5.73 Å². The Balaban J connectivity index is 2.35. The normalized spacial score (nSPS) is 31.8. The summed E-state index contributed by atoms with van der Waals surface area (Å²) >= 11 is 3.49. The van der Waals surface area contributed by atoms with E-state index in [0.29, 0.717) is 0 Å². The Morgan fingerprint density at radius 1 is 1.62 bits per heavy atom. The molecule has 2 heteroatoms. The lowest BCUT2D eigenvalue weighted by molar-refractivity contribution is 0.641. The molecule has 2 N–H and O–H groups in total. The van der Waals surface area contributed by atoms with Gasteiger partial charge in [-0.1, -0.05) is 35.0 Å². The monoisotopic (exact) mass is 239 g/mol. The van der Waals surface area contributed by atoms with Crippen molar-refractivity contribution < 1.29 is 0 Å². The van der Waals surface area contributed by atoms with Crippen LogP contribution in [-0.4, -0.2) is 6.54 Å². The van der Waals surface area contributed by atoms with E-state index in [0.717, 1.165) is 16.9 Å². The third-order valence-electron chi connectivity index (χ3n) is 3.22. The first-order valence-electron chi connectivity index (χ1n) is 4.65. The molecule has 0 radical (unpaired) electrons. The maximum atomic E-state index is 5.83. The van der Waals surface area contributed by atoms with Crippen LogP contribution in [0.2, 0.25) is 0 Å². The SMILES string of the molecule is CC1CC1(CN)c1cccc(Br)c1. The molecule has 2 atom stereocenters. The third-order valence-corrected chi connectivity index (χ3v) is 3.71. The quantitative estimate of drug-likeness (QED) is 0.844. The second-order valence-electron chi connectivity index (χ2n) is 3.98. The maximum absolute atomic E-state index is 5.83. The van der Waals surface area contributed by atoms with Crippen molar-refractivity contribution in [1.29, 1.82) is 0 Å². The van der Waals surface area contributed by atoms with E-state index in [1.807, 2.05) is 0 Å². The molecule has 0 spiro atoms. The van der Waals surface area contributed by atoms with Crippen LogP contribution in [0.25, 0.3) is 0 Å². The van der Waals surface area contributed by atoms with E-state index in [2.05, 4.69) is 47.1 Å². The predicted octanol–water partition coefficient (Wildman–Crippen LogP) is 2.69. The van der Waals surface area contributed by atoms with Crippen LogP contribution < -0.4 is 5.73 Å². The van der Waals surface area contributed by atoms with Gasteiger partial charge < -0.3 is 5.73 Å². The standard InChI is InChI=1S/C11H14BrN/c1-8-6-11(8,7-13)9-3-2-4-10(12)5-9/h2-5,8H,6-7,13H2,1H3. The molecule has 1 nitrogen and oxygen atoms in total. The Bertz CT molecular complexity index is 320. The molecule has 70 valence electrons. The smallest absolute Gasteiger partial charge is 0.0178 e. The minimum Gasteiger partial charge on any atom is -0.330 e. The highest BCUT2D eigenvalue weighted by molar-refractivity contribution is 9.10. The van der Waals surface area contributed by atoms with Crippen LogP contribution in [-0.2, 0) is 5.41 Å². The Morgan fingerprint density at radius 3 is 2.77 bits per heavy atom. The summed E-state index contributed by atoms with van der Waals surface area (Å²) in [5.41, 5.74) is 7.49. The summed E-state index contributed by atoms with van der Waals surface area (Å²) in [4.78, 5) is 0. The van der Waals surface area contributed by atoms with E-state index < -0.39 is 0 Å². The highest BCUT2D eigenvalue weighted by Gasteiger charge is 2.50. The number of benzene rings is 1. The van der Waals surface area contributed by atoms with Gasteiger partial charge in [-0.2, -0.15) is 0 Å². The molecule has 13 heavy (non-hydrogen) atoms. The van der Waals surface area contributed by atoms with Gasteiger partial charge in [0, 0.05) is 16.4 Å². The summed E-state index contributed by atoms with van der Waals surface area (Å²) < 4.78 is 1.15. The van der Waals surface area contributed by atoms with E-state index >= 15 is 0 Å². The number of rotatable bonds is 2. The van der Waals surface area contributed by atoms with E-state index in [1.165, 1.54) is 12.0 Å². The average molecular weight is 240 g/mol. The van der Waals surface area contributed by atoms with Crippen molar-refractivity contribution in [2.75, 3.05) is 6.54 Å². The Morgan fingerprint density at radius 2 is 2.31 bits per heavy atom. The van der Waals surface area contributed by atoms with E-state index in [-0.39, 0.29) is 5.41 Å². The molecule has 2 unspecified atom stereocenters. The van der Waals surface area contributed by atoms with Crippen LogP contribution >= 0.6 is 15.9 Å². The molecule has 1 fully saturated rings. The van der Waals surface area contributed by atoms with E-state index in [9.17, 15) is 0 Å². The van der Waals surface area contributed by atoms with Gasteiger partial charge in [-0.05, 0) is 30.0 Å². The molecule has 0 aliphatic heterocycles. The molecule has 0 amide bonds. The van der Waals surface area contributed by atoms with Crippen molar-refractivity contribution in [2.45, 2.75) is 18.8 Å². The lowest BCUT2D eigenvalue weighted by Gasteiger charge is -2.14. The van der Waals surface area contributed by atoms with Crippen molar-refractivity contribution in [2.24, 2.45) is 11.7 Å². The number of hydrogen-bond acceptors (Lipinski definition) is 1. The second-order valence-corrected chi connectivity index (χ2v) is 4.89. The Kier molecular flexibility index (Phi) is 2.20. The lowest BCUT2D eigenvalue weighted by Crippen LogP contribution is -2.21. The summed E-state index contributed by atoms with van der Waals surface area (Å²) in [5, 5.41) is 0. The maximum Gasteiger partial charge on any atom is 0.0178 e. The first kappa shape index (κ1) is 9.22. The van der Waals surface area contributed by atoms with Gasteiger partial charge in [0.15, 0.2) is 0 Å². The van der Waals surface area contributed by atoms with Crippen molar-refractivity contribution in [3.63, 3.8) is 0 Å². The minimum absolute atomic E-state index is 0.282. The summed E-state index contributed by atoms with van der Waals surface area (Å²) in [7, 11) is 0. The lowest BCUT2D eigenvalue weighted by atomic mass is 9.94. The van der Waals surface area contributed by atoms with Gasteiger partial charge >= 0.3 is 0 Å². The number of nitrogens with two attached hydrogens (primary N) is 1. The fraction of sp³-hybridized carbons (Fsp3) is 0.455. The molecule has 0 aromatic heterocycles. The highest BCUT2D eigenvalue weighted by atomic mass is 79.9. The zero-order chi connectivity index (χ0) is 9.47. The van der Waals surface area contributed by atoms with Crippen LogP contribution in [0.4, 0.5) is 0 Å². The fourth-order valence-electron chi connectivity index (χ4n) is 2.09. The average Bonchev–Trinajstić information content (AvgIpc) is 2.78. The molecule has 0 heterocycles. The molecule has 0 bridgehead atoms. The predicted molar refractivity (Wildman–Crippen MR) is 58.7 cm³/mol. The summed E-state index contributed by atoms with van der Waals surface area (Å²) in [5.74, 6) is 0.742. The van der Waals surface area contributed by atoms with Gasteiger partial charge in [0.25, 0.3) is 0 Å². The van der Waals surface area contributed by atoms with Crippen molar-refractivity contribution in [3.05, 3.63) is 34.3 Å². The zero-order valence-electron chi connectivity index (χ0n) is 7.76. The Labute approximate surface area is 87.5 Å². The topological polar surface area (TPSA) is 26.0 Å². The van der Waals surface area contributed by atoms with Gasteiger partial charge in [0.2, 0.25) is 0 Å². The van der Waals surface area contributed by atoms with Gasteiger partial charge in [-0.25, -0.2) is 0 Å². The van der Waals surface area contributed by atoms with Crippen LogP contribution in [0.5, 0.6) is 0 Å². The minimum atomic E-state index is 0.282. The first-order chi connectivity index (χ1) is 6.19. The van der Waals surface area contributed by atoms with Crippen LogP contribution in [0.1, 0.15) is 18.9 Å². The molecule has 2 rings (SSSR count). The van der Waals surface area contributed by atoms with Crippen LogP contribution in [0.3, 0.4) is 0 Å². The highest BCUT2D eigenvalue weighted by Crippen LogP contribution is 2.53. The molecule has 1 aromatic rings. The molecule has 1 aromatic carbocycles. The largest absolute Gasteiger partial charge is 0.330 e. The molecule has 1 aliphatic rings. The summed E-state index contributed by atoms with van der Waals surface area (Å²) in [6, 6.07) is 8.51. The van der Waals surface area contributed by atoms with Gasteiger partial charge in [0.1, 0.15) is 0 Å². The molecular formula is C11H14BrN. The van der Waals surface area contributed by atoms with Gasteiger partial charge in [-0.3, -0.25) is 0 Å². The van der Waals surface area contributed by atoms with Crippen molar-refractivity contribution in [3.8, 4) is 0 Å². The van der Waals surface area contributed by atoms with Crippen LogP contribution in [0.15, 0.2) is 28.7 Å². The molecule has 1 saturated carbocycles. The summed E-state index contributed by atoms with van der Waals surface area (Å²) in [6.45, 7) is 3.04. The van der Waals surface area contributed by atoms with Crippen LogP contribution in [0, 0.1) is 5.92 Å². The molecular weight excluding hydrogens is 226 g/mol. The fourth-order valence-corrected chi connectivity index (χ4v) is 2.49. The van der Waals surface area contributed by atoms with E-state index in [1.54, 1.807) is 0 Å². The van der Waals surface area contributed by atoms with Crippen molar-refractivity contribution in [1.82, 2.24) is 0 Å². The second kappa shape index (κ2) is 3.10.